The Labute approximate surface area is 179 Å². The topological polar surface area (TPSA) is 72.6 Å². The molecule has 11 heteroatoms. The number of aromatic nitrogens is 1. The average molecular weight is 458 g/mol. The molecular formula is C21H19F5N2O4. The number of carbonyl (C=O) groups excluding carboxylic acids is 2. The van der Waals surface area contributed by atoms with E-state index in [1.54, 1.807) is 0 Å². The second kappa shape index (κ2) is 8.03. The molecule has 0 saturated carbocycles. The smallest absolute Gasteiger partial charge is 0.437 e. The van der Waals surface area contributed by atoms with Crippen LogP contribution < -0.4 is 0 Å². The third-order valence-corrected chi connectivity index (χ3v) is 4.72. The number of amides is 1. The van der Waals surface area contributed by atoms with E-state index in [-0.39, 0.29) is 12.1 Å². The first-order valence-electron chi connectivity index (χ1n) is 9.49. The second-order valence-electron chi connectivity index (χ2n) is 8.18. The summed E-state index contributed by atoms with van der Waals surface area (Å²) in [5.41, 5.74) is -3.87. The summed E-state index contributed by atoms with van der Waals surface area (Å²) in [5, 5.41) is 3.12. The largest absolute Gasteiger partial charge is 0.459 e. The number of halogens is 5. The molecule has 3 rings (SSSR count). The van der Waals surface area contributed by atoms with Crippen molar-refractivity contribution in [2.45, 2.75) is 45.4 Å². The predicted octanol–water partition coefficient (Wildman–Crippen LogP) is 4.70. The highest BCUT2D eigenvalue weighted by molar-refractivity contribution is 6.17. The SMILES string of the molecule is CC(C)OC(=O)C1=CN(C(=O)c2ccc(F)c(F)c2)CC(C)(C)c2c(C(F)(F)F)noc21. The van der Waals surface area contributed by atoms with E-state index in [4.69, 9.17) is 9.26 Å². The van der Waals surface area contributed by atoms with Gasteiger partial charge >= 0.3 is 12.1 Å². The Morgan fingerprint density at radius 3 is 2.41 bits per heavy atom. The van der Waals surface area contributed by atoms with E-state index < -0.39 is 63.8 Å². The number of hydrogen-bond donors (Lipinski definition) is 0. The van der Waals surface area contributed by atoms with Crippen molar-refractivity contribution in [1.29, 1.82) is 0 Å². The third kappa shape index (κ3) is 4.37. The Morgan fingerprint density at radius 1 is 1.19 bits per heavy atom. The molecule has 0 radical (unpaired) electrons. The fourth-order valence-corrected chi connectivity index (χ4v) is 3.41. The molecule has 172 valence electrons. The van der Waals surface area contributed by atoms with Crippen molar-refractivity contribution in [3.8, 4) is 0 Å². The fourth-order valence-electron chi connectivity index (χ4n) is 3.41. The zero-order valence-electron chi connectivity index (χ0n) is 17.5. The van der Waals surface area contributed by atoms with Crippen LogP contribution >= 0.6 is 0 Å². The number of esters is 1. The van der Waals surface area contributed by atoms with Gasteiger partial charge in [-0.2, -0.15) is 13.2 Å². The molecule has 0 atom stereocenters. The minimum Gasteiger partial charge on any atom is -0.459 e. The van der Waals surface area contributed by atoms with Crippen molar-refractivity contribution in [3.63, 3.8) is 0 Å². The number of rotatable bonds is 3. The van der Waals surface area contributed by atoms with Gasteiger partial charge in [0.15, 0.2) is 23.1 Å². The van der Waals surface area contributed by atoms with E-state index in [9.17, 15) is 31.5 Å². The maximum absolute atomic E-state index is 13.7. The molecule has 1 aliphatic heterocycles. The van der Waals surface area contributed by atoms with Crippen LogP contribution in [0, 0.1) is 11.6 Å². The zero-order valence-corrected chi connectivity index (χ0v) is 17.5. The van der Waals surface area contributed by atoms with Crippen molar-refractivity contribution >= 4 is 17.4 Å². The van der Waals surface area contributed by atoms with E-state index in [0.29, 0.717) is 6.07 Å². The van der Waals surface area contributed by atoms with Crippen LogP contribution in [0.2, 0.25) is 0 Å². The molecule has 0 saturated heterocycles. The minimum atomic E-state index is -4.89. The van der Waals surface area contributed by atoms with Gasteiger partial charge in [-0.25, -0.2) is 13.6 Å². The van der Waals surface area contributed by atoms with E-state index in [1.165, 1.54) is 27.7 Å². The molecule has 0 unspecified atom stereocenters. The number of ether oxygens (including phenoxy) is 1. The van der Waals surface area contributed by atoms with Crippen LogP contribution in [0.25, 0.3) is 5.57 Å². The van der Waals surface area contributed by atoms with Crippen molar-refractivity contribution in [2.24, 2.45) is 0 Å². The number of carbonyl (C=O) groups is 2. The first-order valence-corrected chi connectivity index (χ1v) is 9.49. The highest BCUT2D eigenvalue weighted by atomic mass is 19.4. The molecule has 1 aromatic carbocycles. The highest BCUT2D eigenvalue weighted by Gasteiger charge is 2.47. The van der Waals surface area contributed by atoms with Crippen molar-refractivity contribution < 1.29 is 40.8 Å². The molecule has 0 aliphatic carbocycles. The van der Waals surface area contributed by atoms with Gasteiger partial charge in [0.1, 0.15) is 5.57 Å². The van der Waals surface area contributed by atoms with Gasteiger partial charge in [0.05, 0.1) is 6.10 Å². The van der Waals surface area contributed by atoms with E-state index in [2.05, 4.69) is 5.16 Å². The summed E-state index contributed by atoms with van der Waals surface area (Å²) in [4.78, 5) is 26.7. The lowest BCUT2D eigenvalue weighted by atomic mass is 9.82. The van der Waals surface area contributed by atoms with Crippen LogP contribution in [0.1, 0.15) is 55.1 Å². The standard InChI is InChI=1S/C21H19F5N2O4/c1-10(2)31-19(30)12-8-28(18(29)11-5-6-13(22)14(23)7-11)9-20(3,4)15-16(12)32-27-17(15)21(24,25)26/h5-8,10H,9H2,1-4H3. The van der Waals surface area contributed by atoms with Gasteiger partial charge in [-0.05, 0) is 32.0 Å². The summed E-state index contributed by atoms with van der Waals surface area (Å²) in [6, 6.07) is 2.44. The Morgan fingerprint density at radius 2 is 1.84 bits per heavy atom. The van der Waals surface area contributed by atoms with Crippen molar-refractivity contribution in [1.82, 2.24) is 10.1 Å². The molecule has 32 heavy (non-hydrogen) atoms. The Bertz CT molecular complexity index is 1100. The van der Waals surface area contributed by atoms with Crippen molar-refractivity contribution in [2.75, 3.05) is 6.54 Å². The van der Waals surface area contributed by atoms with Gasteiger partial charge in [-0.15, -0.1) is 0 Å². The maximum atomic E-state index is 13.7. The van der Waals surface area contributed by atoms with Gasteiger partial charge in [-0.3, -0.25) is 4.79 Å². The van der Waals surface area contributed by atoms with Crippen LogP contribution in [0.3, 0.4) is 0 Å². The van der Waals surface area contributed by atoms with Crippen LogP contribution in [0.4, 0.5) is 22.0 Å². The molecule has 0 fully saturated rings. The Kier molecular flexibility index (Phi) is 5.88. The molecule has 0 N–H and O–H groups in total. The summed E-state index contributed by atoms with van der Waals surface area (Å²) in [7, 11) is 0. The number of alkyl halides is 3. The number of nitrogens with zero attached hydrogens (tertiary/aromatic N) is 2. The molecule has 1 aromatic heterocycles. The second-order valence-corrected chi connectivity index (χ2v) is 8.18. The van der Waals surface area contributed by atoms with Crippen LogP contribution in [-0.2, 0) is 21.1 Å². The summed E-state index contributed by atoms with van der Waals surface area (Å²) < 4.78 is 77.8. The van der Waals surface area contributed by atoms with E-state index in [1.807, 2.05) is 0 Å². The lowest BCUT2D eigenvalue weighted by molar-refractivity contribution is -0.143. The molecule has 0 bridgehead atoms. The first-order chi connectivity index (χ1) is 14.7. The molecule has 2 heterocycles. The first kappa shape index (κ1) is 23.4. The van der Waals surface area contributed by atoms with Crippen LogP contribution in [0.15, 0.2) is 28.9 Å². The molecule has 6 nitrogen and oxygen atoms in total. The maximum Gasteiger partial charge on any atom is 0.437 e. The quantitative estimate of drug-likeness (QED) is 0.493. The monoisotopic (exact) mass is 458 g/mol. The molecule has 2 aromatic rings. The highest BCUT2D eigenvalue weighted by Crippen LogP contribution is 2.43. The normalized spacial score (nSPS) is 15.8. The number of fused-ring (bicyclic) bond motifs is 1. The zero-order chi connectivity index (χ0) is 24.0. The third-order valence-electron chi connectivity index (χ3n) is 4.72. The van der Waals surface area contributed by atoms with Crippen molar-refractivity contribution in [3.05, 3.63) is 58.6 Å². The Hall–Kier alpha value is -3.24. The van der Waals surface area contributed by atoms with Crippen LogP contribution in [0.5, 0.6) is 0 Å². The predicted molar refractivity (Wildman–Crippen MR) is 101 cm³/mol. The molecular weight excluding hydrogens is 439 g/mol. The average Bonchev–Trinajstić information content (AvgIpc) is 3.08. The van der Waals surface area contributed by atoms with Gasteiger partial charge in [-0.1, -0.05) is 19.0 Å². The lowest BCUT2D eigenvalue weighted by Crippen LogP contribution is -2.38. The number of benzene rings is 1. The Balaban J connectivity index is 2.18. The summed E-state index contributed by atoms with van der Waals surface area (Å²) in [6.07, 6.45) is -4.53. The number of hydrogen-bond acceptors (Lipinski definition) is 5. The molecule has 1 amide bonds. The van der Waals surface area contributed by atoms with Gasteiger partial charge in [0.2, 0.25) is 0 Å². The summed E-state index contributed by atoms with van der Waals surface area (Å²) >= 11 is 0. The van der Waals surface area contributed by atoms with Gasteiger partial charge < -0.3 is 14.2 Å². The fraction of sp³-hybridized carbons (Fsp3) is 0.381. The summed E-state index contributed by atoms with van der Waals surface area (Å²) in [6.45, 7) is 5.54. The van der Waals surface area contributed by atoms with Gasteiger partial charge in [0.25, 0.3) is 5.91 Å². The molecule has 1 aliphatic rings. The lowest BCUT2D eigenvalue weighted by Gasteiger charge is -2.29. The van der Waals surface area contributed by atoms with E-state index in [0.717, 1.165) is 23.2 Å². The van der Waals surface area contributed by atoms with E-state index >= 15 is 0 Å². The van der Waals surface area contributed by atoms with Crippen LogP contribution in [-0.4, -0.2) is 34.6 Å². The summed E-state index contributed by atoms with van der Waals surface area (Å²) in [5.74, 6) is -4.82. The van der Waals surface area contributed by atoms with Gasteiger partial charge in [0, 0.05) is 29.3 Å². The molecule has 0 spiro atoms. The minimum absolute atomic E-state index is 0.264.